The van der Waals surface area contributed by atoms with E-state index in [1.165, 1.54) is 4.68 Å². The molecule has 0 radical (unpaired) electrons. The van der Waals surface area contributed by atoms with Crippen molar-refractivity contribution in [3.8, 4) is 5.69 Å². The molecule has 1 aromatic heterocycles. The van der Waals surface area contributed by atoms with E-state index in [0.29, 0.717) is 5.69 Å². The summed E-state index contributed by atoms with van der Waals surface area (Å²) in [5, 5.41) is 15.2. The molecule has 3 N–H and O–H groups in total. The minimum absolute atomic E-state index is 0.0948. The molecule has 0 unspecified atom stereocenters. The summed E-state index contributed by atoms with van der Waals surface area (Å²) in [6.45, 7) is 1.69. The molecule has 1 fully saturated rings. The average Bonchev–Trinajstić information content (AvgIpc) is 3.15. The van der Waals surface area contributed by atoms with Crippen molar-refractivity contribution in [2.24, 2.45) is 7.05 Å². The van der Waals surface area contributed by atoms with Crippen molar-refractivity contribution in [1.82, 2.24) is 14.7 Å². The number of benzene rings is 1. The monoisotopic (exact) mass is 344 g/mol. The molecular weight excluding hydrogens is 320 g/mol. The van der Waals surface area contributed by atoms with E-state index in [1.54, 1.807) is 18.7 Å². The maximum absolute atomic E-state index is 12.8. The Labute approximate surface area is 146 Å². The predicted octanol–water partition coefficient (Wildman–Crippen LogP) is 1.91. The molecule has 1 saturated carbocycles. The van der Waals surface area contributed by atoms with E-state index >= 15 is 0 Å². The topological polar surface area (TPSA) is 88.3 Å². The van der Waals surface area contributed by atoms with Crippen LogP contribution in [0.5, 0.6) is 0 Å². The van der Waals surface area contributed by atoms with Gasteiger partial charge in [0.25, 0.3) is 5.56 Å². The van der Waals surface area contributed by atoms with E-state index in [2.05, 4.69) is 10.6 Å². The number of urea groups is 1. The van der Waals surface area contributed by atoms with Crippen LogP contribution in [0, 0.1) is 6.92 Å². The summed E-state index contributed by atoms with van der Waals surface area (Å²) in [6.07, 6.45) is 3.45. The van der Waals surface area contributed by atoms with Crippen molar-refractivity contribution >= 4 is 11.7 Å². The molecule has 7 nitrogen and oxygen atoms in total. The van der Waals surface area contributed by atoms with Crippen LogP contribution in [0.1, 0.15) is 31.4 Å². The molecule has 1 aromatic carbocycles. The van der Waals surface area contributed by atoms with E-state index in [-0.39, 0.29) is 17.9 Å². The number of amides is 2. The van der Waals surface area contributed by atoms with E-state index < -0.39 is 11.6 Å². The Morgan fingerprint density at radius 2 is 1.88 bits per heavy atom. The number of rotatable bonds is 4. The first-order chi connectivity index (χ1) is 12.0. The van der Waals surface area contributed by atoms with Crippen LogP contribution in [0.4, 0.5) is 10.5 Å². The van der Waals surface area contributed by atoms with Crippen LogP contribution in [-0.2, 0) is 7.05 Å². The molecule has 25 heavy (non-hydrogen) atoms. The molecule has 134 valence electrons. The van der Waals surface area contributed by atoms with Gasteiger partial charge in [0.05, 0.1) is 23.5 Å². The van der Waals surface area contributed by atoms with E-state index in [1.807, 2.05) is 30.3 Å². The first kappa shape index (κ1) is 17.3. The highest BCUT2D eigenvalue weighted by atomic mass is 16.3. The maximum atomic E-state index is 12.8. The van der Waals surface area contributed by atoms with Crippen molar-refractivity contribution in [1.29, 1.82) is 0 Å². The van der Waals surface area contributed by atoms with Crippen LogP contribution in [0.15, 0.2) is 35.1 Å². The molecule has 0 saturated heterocycles. The smallest absolute Gasteiger partial charge is 0.319 e. The summed E-state index contributed by atoms with van der Waals surface area (Å²) < 4.78 is 3.23. The second-order valence-corrected chi connectivity index (χ2v) is 6.66. The fourth-order valence-electron chi connectivity index (χ4n) is 3.47. The lowest BCUT2D eigenvalue weighted by Crippen LogP contribution is -2.51. The summed E-state index contributed by atoms with van der Waals surface area (Å²) in [7, 11) is 1.78. The number of aliphatic hydroxyl groups excluding tert-OH is 1. The fraction of sp³-hybridized carbons (Fsp3) is 0.444. The zero-order chi connectivity index (χ0) is 18.0. The summed E-state index contributed by atoms with van der Waals surface area (Å²) in [5.41, 5.74) is 0.772. The molecule has 0 spiro atoms. The first-order valence-corrected chi connectivity index (χ1v) is 8.51. The zero-order valence-electron chi connectivity index (χ0n) is 14.6. The number of para-hydroxylation sites is 1. The number of nitrogens with zero attached hydrogens (tertiary/aromatic N) is 2. The van der Waals surface area contributed by atoms with Crippen molar-refractivity contribution < 1.29 is 9.90 Å². The van der Waals surface area contributed by atoms with Gasteiger partial charge in [-0.2, -0.15) is 0 Å². The number of hydrogen-bond acceptors (Lipinski definition) is 3. The molecule has 2 amide bonds. The summed E-state index contributed by atoms with van der Waals surface area (Å²) in [4.78, 5) is 25.2. The van der Waals surface area contributed by atoms with Gasteiger partial charge >= 0.3 is 6.03 Å². The Morgan fingerprint density at radius 1 is 1.24 bits per heavy atom. The van der Waals surface area contributed by atoms with Gasteiger partial charge in [-0.15, -0.1) is 0 Å². The minimum atomic E-state index is -0.578. The van der Waals surface area contributed by atoms with Gasteiger partial charge in [-0.3, -0.25) is 9.48 Å². The fourth-order valence-corrected chi connectivity index (χ4v) is 3.47. The van der Waals surface area contributed by atoms with Crippen LogP contribution < -0.4 is 16.2 Å². The Morgan fingerprint density at radius 3 is 2.48 bits per heavy atom. The summed E-state index contributed by atoms with van der Waals surface area (Å²) >= 11 is 0. The van der Waals surface area contributed by atoms with Crippen molar-refractivity contribution in [3.05, 3.63) is 46.4 Å². The molecule has 0 atom stereocenters. The SMILES string of the molecule is Cc1c(NC(=O)NC2(CO)CCCC2)c(=O)n(-c2ccccc2)n1C. The Hall–Kier alpha value is -2.54. The van der Waals surface area contributed by atoms with E-state index in [0.717, 1.165) is 31.4 Å². The molecule has 2 aromatic rings. The van der Waals surface area contributed by atoms with Gasteiger partial charge < -0.3 is 15.7 Å². The van der Waals surface area contributed by atoms with Gasteiger partial charge in [0.2, 0.25) is 0 Å². The molecule has 0 aliphatic heterocycles. The highest BCUT2D eigenvalue weighted by molar-refractivity contribution is 5.90. The lowest BCUT2D eigenvalue weighted by atomic mass is 9.99. The van der Waals surface area contributed by atoms with Crippen LogP contribution in [-0.4, -0.2) is 32.6 Å². The van der Waals surface area contributed by atoms with Crippen molar-refractivity contribution in [2.45, 2.75) is 38.1 Å². The third-order valence-corrected chi connectivity index (χ3v) is 5.03. The number of nitrogens with one attached hydrogen (secondary N) is 2. The maximum Gasteiger partial charge on any atom is 0.319 e. The number of aliphatic hydroxyl groups is 1. The van der Waals surface area contributed by atoms with Crippen molar-refractivity contribution in [2.75, 3.05) is 11.9 Å². The van der Waals surface area contributed by atoms with Gasteiger partial charge in [-0.05, 0) is 31.9 Å². The van der Waals surface area contributed by atoms with Crippen LogP contribution in [0.2, 0.25) is 0 Å². The lowest BCUT2D eigenvalue weighted by molar-refractivity contribution is 0.167. The standard InChI is InChI=1S/C18H24N4O3/c1-13-15(19-17(25)20-18(12-23)10-6-7-11-18)16(24)22(21(13)2)14-8-4-3-5-9-14/h3-5,8-9,23H,6-7,10-12H2,1-2H3,(H2,19,20,25). The molecule has 1 heterocycles. The number of carbonyl (C=O) groups is 1. The highest BCUT2D eigenvalue weighted by Gasteiger charge is 2.35. The Balaban J connectivity index is 1.86. The average molecular weight is 344 g/mol. The largest absolute Gasteiger partial charge is 0.394 e. The molecule has 1 aliphatic carbocycles. The highest BCUT2D eigenvalue weighted by Crippen LogP contribution is 2.29. The van der Waals surface area contributed by atoms with E-state index in [4.69, 9.17) is 0 Å². The summed E-state index contributed by atoms with van der Waals surface area (Å²) in [5.74, 6) is 0. The van der Waals surface area contributed by atoms with Crippen LogP contribution >= 0.6 is 0 Å². The van der Waals surface area contributed by atoms with E-state index in [9.17, 15) is 14.7 Å². The Bertz CT molecular complexity index is 817. The van der Waals surface area contributed by atoms with Crippen molar-refractivity contribution in [3.63, 3.8) is 0 Å². The third-order valence-electron chi connectivity index (χ3n) is 5.03. The third kappa shape index (κ3) is 3.19. The lowest BCUT2D eigenvalue weighted by Gasteiger charge is -2.27. The number of aromatic nitrogens is 2. The van der Waals surface area contributed by atoms with Gasteiger partial charge in [-0.25, -0.2) is 9.48 Å². The van der Waals surface area contributed by atoms with Gasteiger partial charge in [-0.1, -0.05) is 31.0 Å². The van der Waals surface area contributed by atoms with Gasteiger partial charge in [0.15, 0.2) is 0 Å². The number of carbonyl (C=O) groups excluding carboxylic acids is 1. The number of anilines is 1. The van der Waals surface area contributed by atoms with Gasteiger partial charge in [0.1, 0.15) is 5.69 Å². The molecule has 1 aliphatic rings. The molecule has 0 bridgehead atoms. The van der Waals surface area contributed by atoms with Crippen LogP contribution in [0.3, 0.4) is 0 Å². The quantitative estimate of drug-likeness (QED) is 0.792. The molecule has 3 rings (SSSR count). The van der Waals surface area contributed by atoms with Crippen LogP contribution in [0.25, 0.3) is 5.69 Å². The molecule has 7 heteroatoms. The summed E-state index contributed by atoms with van der Waals surface area (Å²) in [6, 6.07) is 8.81. The Kier molecular flexibility index (Phi) is 4.67. The first-order valence-electron chi connectivity index (χ1n) is 8.51. The number of hydrogen-bond donors (Lipinski definition) is 3. The predicted molar refractivity (Wildman–Crippen MR) is 96.2 cm³/mol. The minimum Gasteiger partial charge on any atom is -0.394 e. The molecular formula is C18H24N4O3. The second-order valence-electron chi connectivity index (χ2n) is 6.66. The van der Waals surface area contributed by atoms with Gasteiger partial charge in [0, 0.05) is 7.05 Å². The second kappa shape index (κ2) is 6.76. The zero-order valence-corrected chi connectivity index (χ0v) is 14.6. The normalized spacial score (nSPS) is 16.0.